The van der Waals surface area contributed by atoms with Crippen molar-refractivity contribution in [1.82, 2.24) is 0 Å². The third-order valence-electron chi connectivity index (χ3n) is 2.07. The van der Waals surface area contributed by atoms with Crippen molar-refractivity contribution in [3.05, 3.63) is 23.8 Å². The van der Waals surface area contributed by atoms with Gasteiger partial charge in [-0.25, -0.2) is 4.79 Å². The average Bonchev–Trinajstić information content (AvgIpc) is 2.33. The lowest BCUT2D eigenvalue weighted by molar-refractivity contribution is -0.157. The molecule has 0 amide bonds. The normalized spacial score (nSPS) is 10.5. The van der Waals surface area contributed by atoms with E-state index in [1.54, 1.807) is 39.0 Å². The molecule has 0 aliphatic heterocycles. The van der Waals surface area contributed by atoms with E-state index in [0.717, 1.165) is 0 Å². The van der Waals surface area contributed by atoms with E-state index in [-0.39, 0.29) is 6.61 Å². The molecular formula is C14H17NO4. The Morgan fingerprint density at radius 1 is 1.37 bits per heavy atom. The van der Waals surface area contributed by atoms with Gasteiger partial charge in [-0.15, -0.1) is 0 Å². The Morgan fingerprint density at radius 2 is 2.05 bits per heavy atom. The smallest absolute Gasteiger partial charge is 0.344 e. The zero-order valence-electron chi connectivity index (χ0n) is 11.5. The fourth-order valence-corrected chi connectivity index (χ4v) is 1.35. The van der Waals surface area contributed by atoms with Crippen LogP contribution in [0.4, 0.5) is 0 Å². The van der Waals surface area contributed by atoms with Crippen molar-refractivity contribution >= 4 is 5.97 Å². The molecule has 0 bridgehead atoms. The number of hydrogen-bond donors (Lipinski definition) is 0. The highest BCUT2D eigenvalue weighted by atomic mass is 16.6. The summed E-state index contributed by atoms with van der Waals surface area (Å²) in [4.78, 5) is 11.5. The Bertz CT molecular complexity index is 497. The van der Waals surface area contributed by atoms with Crippen molar-refractivity contribution in [3.8, 4) is 17.6 Å². The fraction of sp³-hybridized carbons (Fsp3) is 0.429. The number of hydrogen-bond acceptors (Lipinski definition) is 5. The number of benzene rings is 1. The zero-order valence-corrected chi connectivity index (χ0v) is 11.5. The van der Waals surface area contributed by atoms with Crippen LogP contribution in [0.3, 0.4) is 0 Å². The first-order valence-corrected chi connectivity index (χ1v) is 5.78. The number of ether oxygens (including phenoxy) is 3. The van der Waals surface area contributed by atoms with Crippen molar-refractivity contribution < 1.29 is 19.0 Å². The molecule has 0 radical (unpaired) electrons. The van der Waals surface area contributed by atoms with Crippen LogP contribution in [0.25, 0.3) is 0 Å². The lowest BCUT2D eigenvalue weighted by atomic mass is 10.2. The second kappa shape index (κ2) is 6.10. The van der Waals surface area contributed by atoms with Gasteiger partial charge >= 0.3 is 5.97 Å². The summed E-state index contributed by atoms with van der Waals surface area (Å²) in [7, 11) is 1.51. The Balaban J connectivity index is 2.72. The van der Waals surface area contributed by atoms with Gasteiger partial charge in [0.15, 0.2) is 6.61 Å². The molecule has 102 valence electrons. The van der Waals surface area contributed by atoms with Crippen LogP contribution in [0.5, 0.6) is 11.5 Å². The van der Waals surface area contributed by atoms with E-state index in [1.165, 1.54) is 7.11 Å². The monoisotopic (exact) mass is 263 g/mol. The summed E-state index contributed by atoms with van der Waals surface area (Å²) in [6, 6.07) is 6.77. The van der Waals surface area contributed by atoms with E-state index < -0.39 is 11.6 Å². The van der Waals surface area contributed by atoms with Gasteiger partial charge in [0.1, 0.15) is 23.2 Å². The third kappa shape index (κ3) is 4.88. The average molecular weight is 263 g/mol. The summed E-state index contributed by atoms with van der Waals surface area (Å²) in [5.74, 6) is 0.366. The number of esters is 1. The van der Waals surface area contributed by atoms with E-state index >= 15 is 0 Å². The van der Waals surface area contributed by atoms with E-state index in [2.05, 4.69) is 0 Å². The summed E-state index contributed by atoms with van der Waals surface area (Å²) in [5, 5.41) is 8.95. The van der Waals surface area contributed by atoms with Crippen molar-refractivity contribution in [3.63, 3.8) is 0 Å². The van der Waals surface area contributed by atoms with Crippen molar-refractivity contribution in [1.29, 1.82) is 5.26 Å². The Labute approximate surface area is 112 Å². The van der Waals surface area contributed by atoms with Gasteiger partial charge < -0.3 is 14.2 Å². The van der Waals surface area contributed by atoms with E-state index in [1.807, 2.05) is 6.07 Å². The second-order valence-corrected chi connectivity index (χ2v) is 4.85. The predicted octanol–water partition coefficient (Wildman–Crippen LogP) is 2.29. The van der Waals surface area contributed by atoms with Crippen molar-refractivity contribution in [2.24, 2.45) is 0 Å². The summed E-state index contributed by atoms with van der Waals surface area (Å²) in [5.41, 5.74) is -0.225. The molecule has 19 heavy (non-hydrogen) atoms. The molecule has 0 N–H and O–H groups in total. The first-order chi connectivity index (χ1) is 8.85. The topological polar surface area (TPSA) is 68.5 Å². The standard InChI is InChI=1S/C14H17NO4/c1-14(2,3)19-13(16)9-18-12-7-11(17-4)6-5-10(12)8-15/h5-7H,9H2,1-4H3. The van der Waals surface area contributed by atoms with E-state index in [9.17, 15) is 4.79 Å². The molecule has 0 aromatic heterocycles. The lowest BCUT2D eigenvalue weighted by Crippen LogP contribution is -2.27. The number of nitriles is 1. The van der Waals surface area contributed by atoms with Crippen LogP contribution in [-0.2, 0) is 9.53 Å². The summed E-state index contributed by atoms with van der Waals surface area (Å²) < 4.78 is 15.4. The Hall–Kier alpha value is -2.22. The molecule has 0 atom stereocenters. The number of methoxy groups -OCH3 is 1. The van der Waals surface area contributed by atoms with Crippen molar-refractivity contribution in [2.75, 3.05) is 13.7 Å². The first-order valence-electron chi connectivity index (χ1n) is 5.78. The number of carbonyl (C=O) groups is 1. The molecule has 0 saturated carbocycles. The highest BCUT2D eigenvalue weighted by molar-refractivity contribution is 5.71. The van der Waals surface area contributed by atoms with Crippen LogP contribution in [0.1, 0.15) is 26.3 Å². The summed E-state index contributed by atoms with van der Waals surface area (Å²) >= 11 is 0. The molecule has 0 aliphatic rings. The van der Waals surface area contributed by atoms with E-state index in [0.29, 0.717) is 17.1 Å². The number of rotatable bonds is 4. The molecule has 1 rings (SSSR count). The predicted molar refractivity (Wildman–Crippen MR) is 69.0 cm³/mol. The van der Waals surface area contributed by atoms with Crippen LogP contribution >= 0.6 is 0 Å². The van der Waals surface area contributed by atoms with Crippen LogP contribution in [0, 0.1) is 11.3 Å². The summed E-state index contributed by atoms with van der Waals surface area (Å²) in [6.45, 7) is 5.07. The maximum atomic E-state index is 11.5. The van der Waals surface area contributed by atoms with Gasteiger partial charge in [-0.3, -0.25) is 0 Å². The lowest BCUT2D eigenvalue weighted by Gasteiger charge is -2.19. The minimum absolute atomic E-state index is 0.251. The molecule has 0 fully saturated rings. The van der Waals surface area contributed by atoms with Crippen LogP contribution in [0.15, 0.2) is 18.2 Å². The van der Waals surface area contributed by atoms with Gasteiger partial charge in [0, 0.05) is 6.07 Å². The minimum Gasteiger partial charge on any atom is -0.497 e. The Kier molecular flexibility index (Phi) is 4.76. The fourth-order valence-electron chi connectivity index (χ4n) is 1.35. The van der Waals surface area contributed by atoms with Gasteiger partial charge in [-0.1, -0.05) is 0 Å². The highest BCUT2D eigenvalue weighted by Gasteiger charge is 2.17. The van der Waals surface area contributed by atoms with Gasteiger partial charge in [-0.05, 0) is 32.9 Å². The van der Waals surface area contributed by atoms with Crippen LogP contribution in [-0.4, -0.2) is 25.3 Å². The second-order valence-electron chi connectivity index (χ2n) is 4.85. The van der Waals surface area contributed by atoms with Crippen molar-refractivity contribution in [2.45, 2.75) is 26.4 Å². The molecular weight excluding hydrogens is 246 g/mol. The molecule has 0 unspecified atom stereocenters. The molecule has 0 heterocycles. The first kappa shape index (κ1) is 14.8. The quantitative estimate of drug-likeness (QED) is 0.779. The summed E-state index contributed by atoms with van der Waals surface area (Å²) in [6.07, 6.45) is 0. The molecule has 0 saturated heterocycles. The van der Waals surface area contributed by atoms with Gasteiger partial charge in [0.25, 0.3) is 0 Å². The molecule has 5 nitrogen and oxygen atoms in total. The maximum absolute atomic E-state index is 11.5. The SMILES string of the molecule is COc1ccc(C#N)c(OCC(=O)OC(C)(C)C)c1. The zero-order chi connectivity index (χ0) is 14.5. The van der Waals surface area contributed by atoms with Crippen LogP contribution < -0.4 is 9.47 Å². The molecule has 5 heteroatoms. The van der Waals surface area contributed by atoms with Gasteiger partial charge in [-0.2, -0.15) is 5.26 Å². The molecule has 0 spiro atoms. The number of nitrogens with zero attached hydrogens (tertiary/aromatic N) is 1. The van der Waals surface area contributed by atoms with E-state index in [4.69, 9.17) is 19.5 Å². The van der Waals surface area contributed by atoms with Gasteiger partial charge in [0.2, 0.25) is 0 Å². The Morgan fingerprint density at radius 3 is 2.58 bits per heavy atom. The molecule has 1 aromatic carbocycles. The maximum Gasteiger partial charge on any atom is 0.344 e. The largest absolute Gasteiger partial charge is 0.497 e. The van der Waals surface area contributed by atoms with Crippen LogP contribution in [0.2, 0.25) is 0 Å². The third-order valence-corrected chi connectivity index (χ3v) is 2.07. The minimum atomic E-state index is -0.563. The number of carbonyl (C=O) groups excluding carboxylic acids is 1. The molecule has 1 aromatic rings. The highest BCUT2D eigenvalue weighted by Crippen LogP contribution is 2.24. The van der Waals surface area contributed by atoms with Gasteiger partial charge in [0.05, 0.1) is 12.7 Å². The molecule has 0 aliphatic carbocycles.